The molecule has 1 fully saturated rings. The van der Waals surface area contributed by atoms with Gasteiger partial charge in [0.25, 0.3) is 0 Å². The second-order valence-corrected chi connectivity index (χ2v) is 8.47. The van der Waals surface area contributed by atoms with Crippen molar-refractivity contribution < 1.29 is 4.79 Å². The molecule has 6 heteroatoms. The second-order valence-electron chi connectivity index (χ2n) is 7.49. The van der Waals surface area contributed by atoms with Crippen molar-refractivity contribution in [2.45, 2.75) is 18.9 Å². The summed E-state index contributed by atoms with van der Waals surface area (Å²) in [7, 11) is 0. The monoisotopic (exact) mass is 426 g/mol. The number of aromatic nitrogens is 3. The Hall–Kier alpha value is -3.51. The summed E-state index contributed by atoms with van der Waals surface area (Å²) in [6.45, 7) is 0.796. The van der Waals surface area contributed by atoms with Crippen molar-refractivity contribution in [3.63, 3.8) is 0 Å². The van der Waals surface area contributed by atoms with Crippen LogP contribution in [-0.2, 0) is 4.79 Å². The Bertz CT molecular complexity index is 1180. The van der Waals surface area contributed by atoms with Crippen molar-refractivity contribution in [2.24, 2.45) is 0 Å². The number of hydrogen-bond donors (Lipinski definition) is 0. The zero-order chi connectivity index (χ0) is 21.0. The summed E-state index contributed by atoms with van der Waals surface area (Å²) >= 11 is 1.72. The lowest BCUT2D eigenvalue weighted by molar-refractivity contribution is -0.126. The number of likely N-dealkylation sites (tertiary alicyclic amines) is 1. The van der Waals surface area contributed by atoms with Gasteiger partial charge in [0.15, 0.2) is 0 Å². The van der Waals surface area contributed by atoms with Crippen LogP contribution in [0.25, 0.3) is 23.0 Å². The van der Waals surface area contributed by atoms with Crippen molar-refractivity contribution in [2.75, 3.05) is 6.54 Å². The third-order valence-electron chi connectivity index (χ3n) is 5.51. The average Bonchev–Trinajstić information content (AvgIpc) is 3.59. The van der Waals surface area contributed by atoms with Crippen LogP contribution in [0.15, 0.2) is 84.6 Å². The largest absolute Gasteiger partial charge is 0.331 e. The molecule has 1 aliphatic rings. The number of para-hydroxylation sites is 1. The van der Waals surface area contributed by atoms with E-state index in [-0.39, 0.29) is 11.9 Å². The average molecular weight is 427 g/mol. The number of hydrogen-bond acceptors (Lipinski definition) is 4. The molecule has 1 saturated heterocycles. The molecule has 4 heterocycles. The highest BCUT2D eigenvalue weighted by Crippen LogP contribution is 2.34. The molecule has 1 atom stereocenters. The lowest BCUT2D eigenvalue weighted by Crippen LogP contribution is -2.28. The molecule has 1 amide bonds. The summed E-state index contributed by atoms with van der Waals surface area (Å²) < 4.78 is 1.84. The van der Waals surface area contributed by atoms with Crippen LogP contribution >= 0.6 is 11.3 Å². The van der Waals surface area contributed by atoms with E-state index < -0.39 is 0 Å². The molecule has 31 heavy (non-hydrogen) atoms. The highest BCUT2D eigenvalue weighted by molar-refractivity contribution is 7.10. The summed E-state index contributed by atoms with van der Waals surface area (Å²) in [5.74, 6) is 0.0421. The van der Waals surface area contributed by atoms with Crippen LogP contribution in [0.1, 0.15) is 29.3 Å². The summed E-state index contributed by atoms with van der Waals surface area (Å²) in [6.07, 6.45) is 11.1. The van der Waals surface area contributed by atoms with Gasteiger partial charge in [-0.3, -0.25) is 9.78 Å². The summed E-state index contributed by atoms with van der Waals surface area (Å²) in [5.41, 5.74) is 3.58. The lowest BCUT2D eigenvalue weighted by Gasteiger charge is -2.22. The van der Waals surface area contributed by atoms with E-state index in [0.29, 0.717) is 0 Å². The molecule has 0 saturated carbocycles. The molecule has 5 rings (SSSR count). The summed E-state index contributed by atoms with van der Waals surface area (Å²) in [5, 5.41) is 6.86. The SMILES string of the molecule is O=C(C=Cc1cn(-c2ccccc2)nc1-c1cccnc1)N1CCCC1c1cccs1. The van der Waals surface area contributed by atoms with E-state index in [4.69, 9.17) is 5.10 Å². The van der Waals surface area contributed by atoms with Gasteiger partial charge in [0.1, 0.15) is 5.69 Å². The number of nitrogens with zero attached hydrogens (tertiary/aromatic N) is 4. The van der Waals surface area contributed by atoms with Crippen LogP contribution in [0.3, 0.4) is 0 Å². The third-order valence-corrected chi connectivity index (χ3v) is 6.48. The van der Waals surface area contributed by atoms with Gasteiger partial charge in [-0.25, -0.2) is 4.68 Å². The highest BCUT2D eigenvalue weighted by atomic mass is 32.1. The number of benzene rings is 1. The van der Waals surface area contributed by atoms with Crippen molar-refractivity contribution >= 4 is 23.3 Å². The first kappa shape index (κ1) is 19.5. The maximum absolute atomic E-state index is 13.1. The van der Waals surface area contributed by atoms with Gasteiger partial charge in [-0.15, -0.1) is 11.3 Å². The molecule has 1 aliphatic heterocycles. The molecule has 1 aromatic carbocycles. The first-order valence-electron chi connectivity index (χ1n) is 10.4. The Labute approximate surface area is 185 Å². The molecular formula is C25H22N4OS. The van der Waals surface area contributed by atoms with Crippen molar-refractivity contribution in [1.29, 1.82) is 0 Å². The first-order chi connectivity index (χ1) is 15.3. The lowest BCUT2D eigenvalue weighted by atomic mass is 10.1. The normalized spacial score (nSPS) is 16.3. The quantitative estimate of drug-likeness (QED) is 0.403. The highest BCUT2D eigenvalue weighted by Gasteiger charge is 2.29. The van der Waals surface area contributed by atoms with E-state index in [1.807, 2.05) is 64.3 Å². The van der Waals surface area contributed by atoms with Crippen LogP contribution < -0.4 is 0 Å². The van der Waals surface area contributed by atoms with Gasteiger partial charge in [-0.2, -0.15) is 5.10 Å². The van der Waals surface area contributed by atoms with Crippen molar-refractivity contribution in [1.82, 2.24) is 19.7 Å². The maximum Gasteiger partial charge on any atom is 0.247 e. The van der Waals surface area contributed by atoms with E-state index in [2.05, 4.69) is 22.5 Å². The Kier molecular flexibility index (Phi) is 5.46. The molecule has 0 spiro atoms. The fourth-order valence-electron chi connectivity index (χ4n) is 4.01. The molecule has 0 N–H and O–H groups in total. The summed E-state index contributed by atoms with van der Waals surface area (Å²) in [4.78, 5) is 20.5. The van der Waals surface area contributed by atoms with E-state index >= 15 is 0 Å². The molecular weight excluding hydrogens is 404 g/mol. The van der Waals surface area contributed by atoms with Gasteiger partial charge in [0.05, 0.1) is 11.7 Å². The van der Waals surface area contributed by atoms with E-state index in [1.54, 1.807) is 29.8 Å². The first-order valence-corrected chi connectivity index (χ1v) is 11.2. The van der Waals surface area contributed by atoms with E-state index in [9.17, 15) is 4.79 Å². The fourth-order valence-corrected chi connectivity index (χ4v) is 4.89. The molecule has 3 aromatic heterocycles. The van der Waals surface area contributed by atoms with Gasteiger partial charge in [0, 0.05) is 47.2 Å². The van der Waals surface area contributed by atoms with Crippen LogP contribution in [0.5, 0.6) is 0 Å². The molecule has 5 nitrogen and oxygen atoms in total. The van der Waals surface area contributed by atoms with Crippen LogP contribution in [0.4, 0.5) is 0 Å². The minimum atomic E-state index is 0.0421. The molecule has 154 valence electrons. The molecule has 0 radical (unpaired) electrons. The van der Waals surface area contributed by atoms with E-state index in [0.717, 1.165) is 41.9 Å². The topological polar surface area (TPSA) is 51.0 Å². The van der Waals surface area contributed by atoms with Gasteiger partial charge >= 0.3 is 0 Å². The molecule has 4 aromatic rings. The Morgan fingerprint density at radius 3 is 2.77 bits per heavy atom. The third kappa shape index (κ3) is 4.07. The number of amides is 1. The molecule has 0 bridgehead atoms. The fraction of sp³-hybridized carbons (Fsp3) is 0.160. The maximum atomic E-state index is 13.1. The van der Waals surface area contributed by atoms with Crippen molar-refractivity contribution in [3.05, 3.63) is 95.1 Å². The van der Waals surface area contributed by atoms with Crippen LogP contribution in [0.2, 0.25) is 0 Å². The predicted molar refractivity (Wildman–Crippen MR) is 124 cm³/mol. The van der Waals surface area contributed by atoms with E-state index in [1.165, 1.54) is 4.88 Å². The zero-order valence-corrected chi connectivity index (χ0v) is 17.8. The second kappa shape index (κ2) is 8.70. The zero-order valence-electron chi connectivity index (χ0n) is 17.0. The standard InChI is InChI=1S/C25H22N4OS/c30-24(28-15-5-10-22(28)23-11-6-16-31-23)13-12-20-18-29(21-8-2-1-3-9-21)27-25(20)19-7-4-14-26-17-19/h1-4,6-9,11-14,16-18,22H,5,10,15H2. The number of carbonyl (C=O) groups excluding carboxylic acids is 1. The Morgan fingerprint density at radius 2 is 2.00 bits per heavy atom. The van der Waals surface area contributed by atoms with Gasteiger partial charge in [0.2, 0.25) is 5.91 Å². The minimum Gasteiger partial charge on any atom is -0.331 e. The van der Waals surface area contributed by atoms with Crippen LogP contribution in [0, 0.1) is 0 Å². The van der Waals surface area contributed by atoms with Crippen molar-refractivity contribution in [3.8, 4) is 16.9 Å². The summed E-state index contributed by atoms with van der Waals surface area (Å²) in [6, 6.07) is 18.2. The smallest absolute Gasteiger partial charge is 0.247 e. The van der Waals surface area contributed by atoms with Gasteiger partial charge in [-0.05, 0) is 54.6 Å². The van der Waals surface area contributed by atoms with Crippen LogP contribution in [-0.4, -0.2) is 32.1 Å². The predicted octanol–water partition coefficient (Wildman–Crippen LogP) is 5.37. The number of carbonyl (C=O) groups is 1. The minimum absolute atomic E-state index is 0.0421. The molecule has 1 unspecified atom stereocenters. The van der Waals surface area contributed by atoms with Gasteiger partial charge < -0.3 is 4.90 Å². The number of thiophene rings is 1. The molecule has 0 aliphatic carbocycles. The Morgan fingerprint density at radius 1 is 1.10 bits per heavy atom. The number of pyridine rings is 1. The number of rotatable bonds is 5. The Balaban J connectivity index is 1.46. The van der Waals surface area contributed by atoms with Gasteiger partial charge in [-0.1, -0.05) is 24.3 Å².